The minimum atomic E-state index is -3.77. The average Bonchev–Trinajstić information content (AvgIpc) is 2.84. The van der Waals surface area contributed by atoms with Crippen LogP contribution in [0.4, 0.5) is 11.4 Å². The van der Waals surface area contributed by atoms with Crippen LogP contribution in [0.15, 0.2) is 108 Å². The lowest BCUT2D eigenvalue weighted by Crippen LogP contribution is -2.15. The Morgan fingerprint density at radius 1 is 0.800 bits per heavy atom. The molecule has 4 aromatic carbocycles. The number of rotatable bonds is 7. The van der Waals surface area contributed by atoms with Crippen molar-refractivity contribution in [2.24, 2.45) is 0 Å². The Kier molecular flexibility index (Phi) is 7.34. The number of aryl methyl sites for hydroxylation is 1. The Bertz CT molecular complexity index is 1480. The molecule has 0 aliphatic heterocycles. The van der Waals surface area contributed by atoms with E-state index in [0.717, 1.165) is 11.1 Å². The van der Waals surface area contributed by atoms with E-state index in [1.807, 2.05) is 61.5 Å². The van der Waals surface area contributed by atoms with Crippen molar-refractivity contribution in [3.63, 3.8) is 0 Å². The molecule has 0 bridgehead atoms. The molecule has 2 N–H and O–H groups in total. The van der Waals surface area contributed by atoms with Gasteiger partial charge in [0.15, 0.2) is 0 Å². The van der Waals surface area contributed by atoms with Gasteiger partial charge < -0.3 is 5.32 Å². The number of hydrogen-bond acceptors (Lipinski definition) is 3. The summed E-state index contributed by atoms with van der Waals surface area (Å²) in [6, 6.07) is 29.7. The molecule has 4 aromatic rings. The standard InChI is InChI=1S/C28H23ClN2O3S/c1-20-8-7-12-24(18-20)31-35(33,34)25-16-14-23(15-17-25)30-28(32)26(21-9-3-2-4-10-21)19-22-11-5-6-13-27(22)29/h2-19,31H,1H3,(H,30,32)/b26-19+. The molecule has 35 heavy (non-hydrogen) atoms. The summed E-state index contributed by atoms with van der Waals surface area (Å²) in [5.74, 6) is -0.343. The molecule has 0 unspecified atom stereocenters. The predicted octanol–water partition coefficient (Wildman–Crippen LogP) is 6.63. The molecule has 5 nitrogen and oxygen atoms in total. The van der Waals surface area contributed by atoms with Crippen molar-refractivity contribution >= 4 is 50.6 Å². The number of sulfonamides is 1. The molecule has 0 saturated carbocycles. The lowest BCUT2D eigenvalue weighted by atomic mass is 10.0. The number of nitrogens with one attached hydrogen (secondary N) is 2. The summed E-state index contributed by atoms with van der Waals surface area (Å²) in [5, 5.41) is 3.38. The summed E-state index contributed by atoms with van der Waals surface area (Å²) >= 11 is 6.31. The van der Waals surface area contributed by atoms with Crippen LogP contribution in [-0.2, 0) is 14.8 Å². The van der Waals surface area contributed by atoms with E-state index in [9.17, 15) is 13.2 Å². The third-order valence-electron chi connectivity index (χ3n) is 5.23. The highest BCUT2D eigenvalue weighted by molar-refractivity contribution is 7.92. The summed E-state index contributed by atoms with van der Waals surface area (Å²) in [7, 11) is -3.77. The van der Waals surface area contributed by atoms with Gasteiger partial charge in [0.2, 0.25) is 0 Å². The highest BCUT2D eigenvalue weighted by atomic mass is 35.5. The van der Waals surface area contributed by atoms with Crippen molar-refractivity contribution in [3.05, 3.63) is 125 Å². The average molecular weight is 503 g/mol. The van der Waals surface area contributed by atoms with Crippen molar-refractivity contribution in [2.45, 2.75) is 11.8 Å². The zero-order valence-corrected chi connectivity index (χ0v) is 20.5. The lowest BCUT2D eigenvalue weighted by molar-refractivity contribution is -0.111. The minimum Gasteiger partial charge on any atom is -0.322 e. The molecule has 0 aliphatic carbocycles. The van der Waals surface area contributed by atoms with Gasteiger partial charge in [-0.1, -0.05) is 72.3 Å². The molecule has 0 heterocycles. The number of carbonyl (C=O) groups is 1. The van der Waals surface area contributed by atoms with E-state index >= 15 is 0 Å². The summed E-state index contributed by atoms with van der Waals surface area (Å²) in [6.07, 6.45) is 1.73. The molecule has 0 radical (unpaired) electrons. The maximum Gasteiger partial charge on any atom is 0.261 e. The topological polar surface area (TPSA) is 75.3 Å². The number of hydrogen-bond donors (Lipinski definition) is 2. The maximum atomic E-state index is 13.2. The second kappa shape index (κ2) is 10.6. The van der Waals surface area contributed by atoms with Crippen LogP contribution < -0.4 is 10.0 Å². The van der Waals surface area contributed by atoms with Gasteiger partial charge >= 0.3 is 0 Å². The third-order valence-corrected chi connectivity index (χ3v) is 6.97. The Morgan fingerprint density at radius 2 is 1.49 bits per heavy atom. The molecule has 0 fully saturated rings. The normalized spacial score (nSPS) is 11.7. The maximum absolute atomic E-state index is 13.2. The van der Waals surface area contributed by atoms with Crippen molar-refractivity contribution < 1.29 is 13.2 Å². The van der Waals surface area contributed by atoms with E-state index in [1.165, 1.54) is 12.1 Å². The second-order valence-electron chi connectivity index (χ2n) is 7.90. The number of benzene rings is 4. The SMILES string of the molecule is Cc1cccc(NS(=O)(=O)c2ccc(NC(=O)/C(=C/c3ccccc3Cl)c3ccccc3)cc2)c1. The number of anilines is 2. The number of amides is 1. The van der Waals surface area contributed by atoms with E-state index in [1.54, 1.807) is 42.5 Å². The highest BCUT2D eigenvalue weighted by Crippen LogP contribution is 2.25. The van der Waals surface area contributed by atoms with E-state index in [-0.39, 0.29) is 10.8 Å². The molecule has 0 spiro atoms. The van der Waals surface area contributed by atoms with Gasteiger partial charge in [0.05, 0.1) is 4.90 Å². The van der Waals surface area contributed by atoms with E-state index < -0.39 is 10.0 Å². The van der Waals surface area contributed by atoms with Crippen LogP contribution in [-0.4, -0.2) is 14.3 Å². The minimum absolute atomic E-state index is 0.0897. The smallest absolute Gasteiger partial charge is 0.261 e. The van der Waals surface area contributed by atoms with E-state index in [2.05, 4.69) is 10.0 Å². The van der Waals surface area contributed by atoms with E-state index in [4.69, 9.17) is 11.6 Å². The zero-order valence-electron chi connectivity index (χ0n) is 18.9. The molecule has 4 rings (SSSR count). The largest absolute Gasteiger partial charge is 0.322 e. The van der Waals surface area contributed by atoms with Gasteiger partial charge in [0.25, 0.3) is 15.9 Å². The molecular formula is C28H23ClN2O3S. The van der Waals surface area contributed by atoms with Gasteiger partial charge in [-0.2, -0.15) is 0 Å². The van der Waals surface area contributed by atoms with E-state index in [0.29, 0.717) is 27.5 Å². The quantitative estimate of drug-likeness (QED) is 0.220. The Hall–Kier alpha value is -3.87. The van der Waals surface area contributed by atoms with Crippen molar-refractivity contribution in [1.82, 2.24) is 0 Å². The first-order valence-electron chi connectivity index (χ1n) is 10.8. The monoisotopic (exact) mass is 502 g/mol. The Labute approximate surface area is 210 Å². The van der Waals surface area contributed by atoms with Crippen LogP contribution in [0, 0.1) is 6.92 Å². The van der Waals surface area contributed by atoms with Gasteiger partial charge in [-0.3, -0.25) is 9.52 Å². The summed E-state index contributed by atoms with van der Waals surface area (Å²) in [6.45, 7) is 1.89. The van der Waals surface area contributed by atoms with Crippen LogP contribution in [0.5, 0.6) is 0 Å². The van der Waals surface area contributed by atoms with Crippen molar-refractivity contribution in [2.75, 3.05) is 10.0 Å². The fourth-order valence-corrected chi connectivity index (χ4v) is 4.72. The second-order valence-corrected chi connectivity index (χ2v) is 9.99. The first-order chi connectivity index (χ1) is 16.8. The van der Waals surface area contributed by atoms with Gasteiger partial charge in [-0.25, -0.2) is 8.42 Å². The predicted molar refractivity (Wildman–Crippen MR) is 143 cm³/mol. The van der Waals surface area contributed by atoms with Crippen molar-refractivity contribution in [3.8, 4) is 0 Å². The van der Waals surface area contributed by atoms with Crippen LogP contribution in [0.2, 0.25) is 5.02 Å². The third kappa shape index (κ3) is 6.18. The van der Waals surface area contributed by atoms with Gasteiger partial charge in [0.1, 0.15) is 0 Å². The summed E-state index contributed by atoms with van der Waals surface area (Å²) in [5.41, 5.74) is 3.77. The highest BCUT2D eigenvalue weighted by Gasteiger charge is 2.16. The van der Waals surface area contributed by atoms with Crippen LogP contribution in [0.3, 0.4) is 0 Å². The Balaban J connectivity index is 1.56. The lowest BCUT2D eigenvalue weighted by Gasteiger charge is -2.12. The van der Waals surface area contributed by atoms with Gasteiger partial charge in [-0.05, 0) is 72.2 Å². The van der Waals surface area contributed by atoms with Crippen LogP contribution in [0.1, 0.15) is 16.7 Å². The Morgan fingerprint density at radius 3 is 2.17 bits per heavy atom. The molecule has 176 valence electrons. The molecule has 0 aromatic heterocycles. The summed E-state index contributed by atoms with van der Waals surface area (Å²) in [4.78, 5) is 13.3. The molecule has 0 aliphatic rings. The van der Waals surface area contributed by atoms with Crippen molar-refractivity contribution in [1.29, 1.82) is 0 Å². The molecule has 0 atom stereocenters. The van der Waals surface area contributed by atoms with Crippen LogP contribution >= 0.6 is 11.6 Å². The first kappa shape index (κ1) is 24.3. The number of halogens is 1. The molecule has 0 saturated heterocycles. The zero-order chi connectivity index (χ0) is 24.8. The number of carbonyl (C=O) groups excluding carboxylic acids is 1. The summed E-state index contributed by atoms with van der Waals surface area (Å²) < 4.78 is 28.1. The molecule has 7 heteroatoms. The van der Waals surface area contributed by atoms with Gasteiger partial charge in [-0.15, -0.1) is 0 Å². The van der Waals surface area contributed by atoms with Crippen LogP contribution in [0.25, 0.3) is 11.6 Å². The molecule has 1 amide bonds. The first-order valence-corrected chi connectivity index (χ1v) is 12.7. The fourth-order valence-electron chi connectivity index (χ4n) is 3.48. The van der Waals surface area contributed by atoms with Gasteiger partial charge in [0, 0.05) is 22.0 Å². The molecular weight excluding hydrogens is 480 g/mol. The fraction of sp³-hybridized carbons (Fsp3) is 0.0357.